The van der Waals surface area contributed by atoms with Crippen LogP contribution in [-0.2, 0) is 6.54 Å². The molecule has 1 aromatic rings. The number of halogens is 2. The van der Waals surface area contributed by atoms with Gasteiger partial charge in [-0.1, -0.05) is 30.2 Å². The highest BCUT2D eigenvalue weighted by atomic mass is 35.5. The molecule has 0 aliphatic carbocycles. The highest BCUT2D eigenvalue weighted by molar-refractivity contribution is 6.30. The molecule has 1 aromatic carbocycles. The number of hydrogen-bond acceptors (Lipinski definition) is 2. The van der Waals surface area contributed by atoms with Crippen LogP contribution in [0.2, 0.25) is 5.02 Å². The molecule has 2 aliphatic rings. The molecule has 2 fully saturated rings. The van der Waals surface area contributed by atoms with Crippen LogP contribution in [0.4, 0.5) is 4.39 Å². The average Bonchev–Trinajstić information content (AvgIpc) is 2.36. The summed E-state index contributed by atoms with van der Waals surface area (Å²) in [7, 11) is 0. The van der Waals surface area contributed by atoms with E-state index in [9.17, 15) is 4.39 Å². The van der Waals surface area contributed by atoms with Gasteiger partial charge in [0.2, 0.25) is 0 Å². The second kappa shape index (κ2) is 5.39. The van der Waals surface area contributed by atoms with Crippen LogP contribution in [0, 0.1) is 5.82 Å². The van der Waals surface area contributed by atoms with Gasteiger partial charge in [-0.3, -0.25) is 4.90 Å². The van der Waals surface area contributed by atoms with Gasteiger partial charge in [0.25, 0.3) is 0 Å². The van der Waals surface area contributed by atoms with Crippen molar-refractivity contribution in [1.29, 1.82) is 0 Å². The topological polar surface area (TPSA) is 29.3 Å². The zero-order valence-corrected chi connectivity index (χ0v) is 11.7. The van der Waals surface area contributed by atoms with E-state index in [-0.39, 0.29) is 10.8 Å². The van der Waals surface area contributed by atoms with Crippen molar-refractivity contribution in [3.63, 3.8) is 0 Å². The molecule has 0 radical (unpaired) electrons. The molecule has 2 N–H and O–H groups in total. The fourth-order valence-electron chi connectivity index (χ4n) is 3.65. The van der Waals surface area contributed by atoms with Crippen molar-refractivity contribution < 1.29 is 4.39 Å². The van der Waals surface area contributed by atoms with Crippen molar-refractivity contribution in [1.82, 2.24) is 4.90 Å². The SMILES string of the molecule is NC1C[C@H]2CCC[C@@H](C1)N2Cc1cccc(Cl)c1F. The fraction of sp³-hybridized carbons (Fsp3) is 0.600. The van der Waals surface area contributed by atoms with Gasteiger partial charge in [-0.15, -0.1) is 0 Å². The van der Waals surface area contributed by atoms with Crippen LogP contribution in [-0.4, -0.2) is 23.0 Å². The van der Waals surface area contributed by atoms with Crippen molar-refractivity contribution >= 4 is 11.6 Å². The van der Waals surface area contributed by atoms with Gasteiger partial charge in [0.15, 0.2) is 0 Å². The lowest BCUT2D eigenvalue weighted by Crippen LogP contribution is -2.54. The van der Waals surface area contributed by atoms with Crippen LogP contribution in [0.15, 0.2) is 18.2 Å². The van der Waals surface area contributed by atoms with E-state index in [0.717, 1.165) is 12.8 Å². The number of hydrogen-bond donors (Lipinski definition) is 1. The molecule has 2 heterocycles. The Morgan fingerprint density at radius 1 is 1.26 bits per heavy atom. The monoisotopic (exact) mass is 282 g/mol. The van der Waals surface area contributed by atoms with Gasteiger partial charge in [-0.05, 0) is 31.7 Å². The van der Waals surface area contributed by atoms with E-state index in [0.29, 0.717) is 30.2 Å². The number of nitrogens with two attached hydrogens (primary N) is 1. The third-order valence-electron chi connectivity index (χ3n) is 4.55. The second-order valence-electron chi connectivity index (χ2n) is 5.86. The summed E-state index contributed by atoms with van der Waals surface area (Å²) < 4.78 is 14.0. The van der Waals surface area contributed by atoms with Gasteiger partial charge in [-0.25, -0.2) is 4.39 Å². The standard InChI is InChI=1S/C15H20ClFN2/c16-14-6-1-3-10(15(14)17)9-19-12-4-2-5-13(19)8-11(18)7-12/h1,3,6,11-13H,2,4-5,7-9,18H2/t11?,12-,13+. The van der Waals surface area contributed by atoms with Gasteiger partial charge >= 0.3 is 0 Å². The lowest BCUT2D eigenvalue weighted by Gasteiger charge is -2.48. The lowest BCUT2D eigenvalue weighted by atomic mass is 9.82. The zero-order chi connectivity index (χ0) is 13.4. The Morgan fingerprint density at radius 2 is 1.95 bits per heavy atom. The Hall–Kier alpha value is -0.640. The highest BCUT2D eigenvalue weighted by Crippen LogP contribution is 2.35. The van der Waals surface area contributed by atoms with Crippen LogP contribution < -0.4 is 5.73 Å². The summed E-state index contributed by atoms with van der Waals surface area (Å²) in [6.45, 7) is 0.661. The van der Waals surface area contributed by atoms with E-state index in [4.69, 9.17) is 17.3 Å². The van der Waals surface area contributed by atoms with Crippen LogP contribution in [0.25, 0.3) is 0 Å². The Kier molecular flexibility index (Phi) is 3.79. The van der Waals surface area contributed by atoms with E-state index in [1.54, 1.807) is 6.07 Å². The minimum absolute atomic E-state index is 0.219. The first-order valence-corrected chi connectivity index (χ1v) is 7.47. The van der Waals surface area contributed by atoms with Crippen molar-refractivity contribution in [2.24, 2.45) is 5.73 Å². The summed E-state index contributed by atoms with van der Waals surface area (Å²) in [5, 5.41) is 0.219. The van der Waals surface area contributed by atoms with E-state index >= 15 is 0 Å². The maximum absolute atomic E-state index is 14.0. The zero-order valence-electron chi connectivity index (χ0n) is 11.0. The molecule has 0 aromatic heterocycles. The van der Waals surface area contributed by atoms with Crippen LogP contribution in [0.1, 0.15) is 37.7 Å². The maximum atomic E-state index is 14.0. The van der Waals surface area contributed by atoms with Gasteiger partial charge in [0.05, 0.1) is 5.02 Å². The number of piperidine rings is 2. The molecular formula is C15H20ClFN2. The van der Waals surface area contributed by atoms with Crippen molar-refractivity contribution in [3.8, 4) is 0 Å². The number of benzene rings is 1. The smallest absolute Gasteiger partial charge is 0.146 e. The summed E-state index contributed by atoms with van der Waals surface area (Å²) >= 11 is 5.86. The predicted molar refractivity (Wildman–Crippen MR) is 75.6 cm³/mol. The molecular weight excluding hydrogens is 263 g/mol. The van der Waals surface area contributed by atoms with Crippen LogP contribution in [0.3, 0.4) is 0 Å². The third kappa shape index (κ3) is 2.64. The van der Waals surface area contributed by atoms with E-state index in [2.05, 4.69) is 4.90 Å². The molecule has 2 saturated heterocycles. The van der Waals surface area contributed by atoms with E-state index in [1.807, 2.05) is 12.1 Å². The Labute approximate surface area is 118 Å². The summed E-state index contributed by atoms with van der Waals surface area (Å²) in [6.07, 6.45) is 5.73. The minimum atomic E-state index is -0.267. The first kappa shape index (κ1) is 13.3. The van der Waals surface area contributed by atoms with Gasteiger partial charge in [0, 0.05) is 30.2 Å². The number of fused-ring (bicyclic) bond motifs is 2. The van der Waals surface area contributed by atoms with E-state index < -0.39 is 0 Å². The molecule has 4 heteroatoms. The maximum Gasteiger partial charge on any atom is 0.146 e. The van der Waals surface area contributed by atoms with E-state index in [1.165, 1.54) is 19.3 Å². The summed E-state index contributed by atoms with van der Waals surface area (Å²) in [4.78, 5) is 2.45. The summed E-state index contributed by atoms with van der Waals surface area (Å²) in [5.41, 5.74) is 6.82. The summed E-state index contributed by atoms with van der Waals surface area (Å²) in [5.74, 6) is -0.267. The van der Waals surface area contributed by atoms with Crippen LogP contribution >= 0.6 is 11.6 Å². The van der Waals surface area contributed by atoms with Crippen LogP contribution in [0.5, 0.6) is 0 Å². The molecule has 0 saturated carbocycles. The predicted octanol–water partition coefficient (Wildman–Crippen LogP) is 3.32. The first-order valence-electron chi connectivity index (χ1n) is 7.09. The molecule has 2 aliphatic heterocycles. The first-order chi connectivity index (χ1) is 9.15. The third-order valence-corrected chi connectivity index (χ3v) is 4.84. The number of rotatable bonds is 2. The molecule has 3 atom stereocenters. The van der Waals surface area contributed by atoms with Crippen molar-refractivity contribution in [2.45, 2.75) is 56.8 Å². The van der Waals surface area contributed by atoms with Gasteiger partial charge < -0.3 is 5.73 Å². The fourth-order valence-corrected chi connectivity index (χ4v) is 3.84. The number of nitrogens with zero attached hydrogens (tertiary/aromatic N) is 1. The highest BCUT2D eigenvalue weighted by Gasteiger charge is 2.37. The van der Waals surface area contributed by atoms with Gasteiger partial charge in [0.1, 0.15) is 5.82 Å². The lowest BCUT2D eigenvalue weighted by molar-refractivity contribution is 0.0237. The molecule has 2 nitrogen and oxygen atoms in total. The Morgan fingerprint density at radius 3 is 2.63 bits per heavy atom. The van der Waals surface area contributed by atoms with Crippen molar-refractivity contribution in [3.05, 3.63) is 34.6 Å². The molecule has 0 amide bonds. The largest absolute Gasteiger partial charge is 0.328 e. The quantitative estimate of drug-likeness (QED) is 0.902. The Balaban J connectivity index is 1.80. The molecule has 104 valence electrons. The second-order valence-corrected chi connectivity index (χ2v) is 6.26. The molecule has 0 spiro atoms. The Bertz CT molecular complexity index is 451. The average molecular weight is 283 g/mol. The minimum Gasteiger partial charge on any atom is -0.328 e. The van der Waals surface area contributed by atoms with Crippen molar-refractivity contribution in [2.75, 3.05) is 0 Å². The normalized spacial score (nSPS) is 31.4. The van der Waals surface area contributed by atoms with Gasteiger partial charge in [-0.2, -0.15) is 0 Å². The summed E-state index contributed by atoms with van der Waals surface area (Å²) in [6, 6.07) is 6.61. The molecule has 1 unspecified atom stereocenters. The molecule has 3 rings (SSSR count). The molecule has 19 heavy (non-hydrogen) atoms. The molecule has 2 bridgehead atoms.